The van der Waals surface area contributed by atoms with Crippen LogP contribution in [0.2, 0.25) is 18.1 Å². The first-order chi connectivity index (χ1) is 18.5. The van der Waals surface area contributed by atoms with Gasteiger partial charge < -0.3 is 13.9 Å². The quantitative estimate of drug-likeness (QED) is 0.218. The Bertz CT molecular complexity index is 1330. The summed E-state index contributed by atoms with van der Waals surface area (Å²) in [7, 11) is -1.91. The number of ether oxygens (including phenoxy) is 2. The molecule has 3 fully saturated rings. The molecule has 6 rings (SSSR count). The second-order valence-corrected chi connectivity index (χ2v) is 19.9. The van der Waals surface area contributed by atoms with Gasteiger partial charge in [0.05, 0.1) is 11.5 Å². The SMILES string of the molecule is CC[C@H]1[C@]2(C)C3=C(C)[C@H](c4ccc(O[Si](C)(C)C(C)(C)C)cc4)C[C@H]3O[C@@H]2[C@@H]2OC(=O)[C@]3(C)C=CC(=O)[C@@]1(C)[C@@H]23. The maximum Gasteiger partial charge on any atom is 0.316 e. The summed E-state index contributed by atoms with van der Waals surface area (Å²) >= 11 is 0. The first kappa shape index (κ1) is 28.0. The Morgan fingerprint density at radius 1 is 1.05 bits per heavy atom. The summed E-state index contributed by atoms with van der Waals surface area (Å²) in [5.74, 6) is 0.929. The van der Waals surface area contributed by atoms with Gasteiger partial charge in [-0.15, -0.1) is 0 Å². The third-order valence-corrected chi connectivity index (χ3v) is 16.6. The van der Waals surface area contributed by atoms with Crippen LogP contribution < -0.4 is 4.43 Å². The van der Waals surface area contributed by atoms with E-state index >= 15 is 0 Å². The predicted molar refractivity (Wildman–Crippen MR) is 159 cm³/mol. The zero-order chi connectivity index (χ0) is 29.2. The molecule has 6 heteroatoms. The van der Waals surface area contributed by atoms with Crippen molar-refractivity contribution in [2.45, 2.75) is 111 Å². The molecule has 0 spiro atoms. The van der Waals surface area contributed by atoms with Crippen LogP contribution >= 0.6 is 0 Å². The fourth-order valence-electron chi connectivity index (χ4n) is 9.32. The average molecular weight is 563 g/mol. The molecule has 1 aromatic rings. The van der Waals surface area contributed by atoms with Crippen molar-refractivity contribution in [3.63, 3.8) is 0 Å². The second kappa shape index (κ2) is 8.44. The van der Waals surface area contributed by atoms with Crippen LogP contribution in [0.25, 0.3) is 0 Å². The Labute approximate surface area is 240 Å². The van der Waals surface area contributed by atoms with Gasteiger partial charge in [-0.05, 0) is 73.7 Å². The van der Waals surface area contributed by atoms with Gasteiger partial charge in [0.2, 0.25) is 8.32 Å². The van der Waals surface area contributed by atoms with Crippen LogP contribution in [0.4, 0.5) is 0 Å². The molecular formula is C34H46O5Si. The molecule has 0 N–H and O–H groups in total. The van der Waals surface area contributed by atoms with E-state index in [1.165, 1.54) is 16.7 Å². The summed E-state index contributed by atoms with van der Waals surface area (Å²) in [6.45, 7) is 22.1. The lowest BCUT2D eigenvalue weighted by Crippen LogP contribution is -2.65. The minimum absolute atomic E-state index is 0.0328. The molecule has 0 unspecified atom stereocenters. The molecule has 9 atom stereocenters. The van der Waals surface area contributed by atoms with Crippen LogP contribution in [0.1, 0.15) is 79.7 Å². The summed E-state index contributed by atoms with van der Waals surface area (Å²) in [5, 5.41) is 0.144. The molecule has 5 nitrogen and oxygen atoms in total. The summed E-state index contributed by atoms with van der Waals surface area (Å²) in [4.78, 5) is 27.0. The molecule has 0 radical (unpaired) electrons. The van der Waals surface area contributed by atoms with E-state index in [4.69, 9.17) is 13.9 Å². The molecule has 1 aromatic carbocycles. The van der Waals surface area contributed by atoms with Crippen molar-refractivity contribution in [3.8, 4) is 5.75 Å². The topological polar surface area (TPSA) is 61.8 Å². The van der Waals surface area contributed by atoms with E-state index in [9.17, 15) is 9.59 Å². The smallest absolute Gasteiger partial charge is 0.316 e. The number of fused-ring (bicyclic) bond motifs is 4. The third kappa shape index (κ3) is 3.35. The van der Waals surface area contributed by atoms with Gasteiger partial charge >= 0.3 is 5.97 Å². The molecule has 40 heavy (non-hydrogen) atoms. The van der Waals surface area contributed by atoms with Crippen molar-refractivity contribution in [3.05, 3.63) is 53.1 Å². The van der Waals surface area contributed by atoms with Gasteiger partial charge in [0.1, 0.15) is 18.0 Å². The van der Waals surface area contributed by atoms with Crippen LogP contribution in [-0.4, -0.2) is 38.4 Å². The van der Waals surface area contributed by atoms with Crippen molar-refractivity contribution in [1.82, 2.24) is 0 Å². The van der Waals surface area contributed by atoms with Crippen molar-refractivity contribution >= 4 is 20.1 Å². The van der Waals surface area contributed by atoms with Crippen LogP contribution in [-0.2, 0) is 19.1 Å². The first-order valence-corrected chi connectivity index (χ1v) is 18.0. The number of rotatable bonds is 4. The number of carbonyl (C=O) groups is 2. The number of carbonyl (C=O) groups excluding carboxylic acids is 2. The number of esters is 1. The molecule has 0 aromatic heterocycles. The van der Waals surface area contributed by atoms with E-state index < -0.39 is 25.3 Å². The fourth-order valence-corrected chi connectivity index (χ4v) is 10.4. The zero-order valence-corrected chi connectivity index (χ0v) is 26.9. The molecule has 5 aliphatic rings. The van der Waals surface area contributed by atoms with Crippen LogP contribution in [0.3, 0.4) is 0 Å². The lowest BCUT2D eigenvalue weighted by Gasteiger charge is -2.59. The average Bonchev–Trinajstić information content (AvgIpc) is 3.44. The maximum absolute atomic E-state index is 13.8. The second-order valence-electron chi connectivity index (χ2n) is 15.2. The molecule has 0 bridgehead atoms. The van der Waals surface area contributed by atoms with E-state index in [2.05, 4.69) is 85.8 Å². The minimum atomic E-state index is -1.91. The highest BCUT2D eigenvalue weighted by atomic mass is 28.4. The Balaban J connectivity index is 1.38. The number of ketones is 1. The molecule has 216 valence electrons. The summed E-state index contributed by atoms with van der Waals surface area (Å²) in [6, 6.07) is 8.68. The lowest BCUT2D eigenvalue weighted by molar-refractivity contribution is -0.186. The minimum Gasteiger partial charge on any atom is -0.544 e. The largest absolute Gasteiger partial charge is 0.544 e. The summed E-state index contributed by atoms with van der Waals surface area (Å²) in [6.07, 6.45) is 4.48. The van der Waals surface area contributed by atoms with Crippen LogP contribution in [0.5, 0.6) is 5.75 Å². The highest BCUT2D eigenvalue weighted by molar-refractivity contribution is 6.74. The lowest BCUT2D eigenvalue weighted by atomic mass is 9.42. The van der Waals surface area contributed by atoms with Gasteiger partial charge in [0, 0.05) is 22.7 Å². The molecule has 3 aliphatic carbocycles. The molecule has 2 saturated heterocycles. The van der Waals surface area contributed by atoms with Crippen LogP contribution in [0, 0.1) is 28.1 Å². The van der Waals surface area contributed by atoms with E-state index in [1.807, 2.05) is 6.92 Å². The first-order valence-electron chi connectivity index (χ1n) is 15.1. The number of benzene rings is 1. The highest BCUT2D eigenvalue weighted by Gasteiger charge is 2.77. The maximum atomic E-state index is 13.8. The number of hydrogen-bond acceptors (Lipinski definition) is 5. The summed E-state index contributed by atoms with van der Waals surface area (Å²) in [5.41, 5.74) is 2.10. The Hall–Kier alpha value is -2.18. The van der Waals surface area contributed by atoms with Gasteiger partial charge in [-0.1, -0.05) is 71.7 Å². The van der Waals surface area contributed by atoms with E-state index in [0.717, 1.165) is 18.6 Å². The van der Waals surface area contributed by atoms with Crippen LogP contribution in [0.15, 0.2) is 47.6 Å². The predicted octanol–water partition coefficient (Wildman–Crippen LogP) is 7.38. The van der Waals surface area contributed by atoms with Gasteiger partial charge in [0.15, 0.2) is 5.78 Å². The standard InChI is InChI=1S/C34H46O5Si/c1-11-24-33(7)25(35)16-17-32(6)28(33)27(38-30(32)36)29-34(24,8)26-19(2)22(18-23(26)37-29)20-12-14-21(15-13-20)39-40(9,10)31(3,4)5/h12-17,22-24,27-29H,11,18H2,1-10H3/t22-,23-,24-,27-,28+,29-,32-,33+,34-/m1/s1. The Morgan fingerprint density at radius 2 is 1.70 bits per heavy atom. The number of allylic oxidation sites excluding steroid dienone is 2. The van der Waals surface area contributed by atoms with Crippen molar-refractivity contribution < 1.29 is 23.5 Å². The Morgan fingerprint density at radius 3 is 2.30 bits per heavy atom. The van der Waals surface area contributed by atoms with Gasteiger partial charge in [-0.2, -0.15) is 0 Å². The van der Waals surface area contributed by atoms with Gasteiger partial charge in [0.25, 0.3) is 0 Å². The Kier molecular flexibility index (Phi) is 5.90. The highest BCUT2D eigenvalue weighted by Crippen LogP contribution is 2.72. The van der Waals surface area contributed by atoms with Gasteiger partial charge in [-0.25, -0.2) is 0 Å². The van der Waals surface area contributed by atoms with Crippen molar-refractivity contribution in [1.29, 1.82) is 0 Å². The molecule has 1 saturated carbocycles. The molecular weight excluding hydrogens is 516 g/mol. The zero-order valence-electron chi connectivity index (χ0n) is 25.9. The molecule has 0 amide bonds. The fraction of sp³-hybridized carbons (Fsp3) is 0.647. The molecule has 2 heterocycles. The third-order valence-electron chi connectivity index (χ3n) is 12.2. The van der Waals surface area contributed by atoms with E-state index in [0.29, 0.717) is 0 Å². The molecule has 2 aliphatic heterocycles. The normalized spacial score (nSPS) is 42.0. The van der Waals surface area contributed by atoms with E-state index in [1.54, 1.807) is 12.2 Å². The van der Waals surface area contributed by atoms with Crippen molar-refractivity contribution in [2.24, 2.45) is 28.1 Å². The van der Waals surface area contributed by atoms with E-state index in [-0.39, 0.29) is 52.2 Å². The van der Waals surface area contributed by atoms with Gasteiger partial charge in [-0.3, -0.25) is 9.59 Å². The monoisotopic (exact) mass is 562 g/mol. The number of hydrogen-bond donors (Lipinski definition) is 0. The summed E-state index contributed by atoms with van der Waals surface area (Å²) < 4.78 is 19.6. The van der Waals surface area contributed by atoms with Crippen molar-refractivity contribution in [2.75, 3.05) is 0 Å².